The molecular weight excluding hydrogens is 391 g/mol. The lowest BCUT2D eigenvalue weighted by Crippen LogP contribution is -2.43. The van der Waals surface area contributed by atoms with E-state index in [1.165, 1.54) is 30.3 Å². The molecule has 0 bridgehead atoms. The molecule has 1 fully saturated rings. The van der Waals surface area contributed by atoms with Gasteiger partial charge in [0.15, 0.2) is 6.61 Å². The van der Waals surface area contributed by atoms with E-state index in [4.69, 9.17) is 4.74 Å². The fraction of sp³-hybridized carbons (Fsp3) is 0.364. The molecule has 7 nitrogen and oxygen atoms in total. The third kappa shape index (κ3) is 5.62. The Hall–Kier alpha value is -3.29. The number of carbonyl (C=O) groups excluding carboxylic acids is 2. The Balaban J connectivity index is 1.67. The molecule has 3 rings (SSSR count). The second-order valence-electron chi connectivity index (χ2n) is 7.32. The lowest BCUT2D eigenvalue weighted by Gasteiger charge is -2.34. The van der Waals surface area contributed by atoms with E-state index in [2.05, 4.69) is 0 Å². The summed E-state index contributed by atoms with van der Waals surface area (Å²) in [6.45, 7) is -0.155. The Morgan fingerprint density at radius 1 is 1.10 bits per heavy atom. The third-order valence-corrected chi connectivity index (χ3v) is 5.22. The number of nitro groups is 1. The van der Waals surface area contributed by atoms with Crippen LogP contribution in [0.4, 0.5) is 10.1 Å². The Bertz CT molecular complexity index is 910. The maximum Gasteiger partial charge on any atom is 0.338 e. The topological polar surface area (TPSA) is 89.8 Å². The van der Waals surface area contributed by atoms with Gasteiger partial charge in [-0.3, -0.25) is 14.9 Å². The predicted molar refractivity (Wildman–Crippen MR) is 107 cm³/mol. The van der Waals surface area contributed by atoms with Gasteiger partial charge in [0, 0.05) is 24.7 Å². The van der Waals surface area contributed by atoms with Crippen molar-refractivity contribution in [2.75, 3.05) is 6.61 Å². The number of hydrogen-bond acceptors (Lipinski definition) is 5. The van der Waals surface area contributed by atoms with Crippen molar-refractivity contribution in [1.82, 2.24) is 4.90 Å². The number of hydrogen-bond donors (Lipinski definition) is 0. The molecule has 1 amide bonds. The number of non-ortho nitro benzene ring substituents is 1. The maximum absolute atomic E-state index is 13.2. The molecular formula is C22H23FN2O5. The summed E-state index contributed by atoms with van der Waals surface area (Å²) in [5.41, 5.74) is 0.580. The first kappa shape index (κ1) is 21.4. The van der Waals surface area contributed by atoms with Gasteiger partial charge in [-0.15, -0.1) is 0 Å². The van der Waals surface area contributed by atoms with Gasteiger partial charge in [0.05, 0.1) is 10.5 Å². The number of benzene rings is 2. The van der Waals surface area contributed by atoms with E-state index in [1.54, 1.807) is 17.0 Å². The van der Waals surface area contributed by atoms with Crippen LogP contribution < -0.4 is 0 Å². The van der Waals surface area contributed by atoms with E-state index in [9.17, 15) is 24.1 Å². The average Bonchev–Trinajstić information content (AvgIpc) is 2.77. The SMILES string of the molecule is O=C(OCC(=O)N(Cc1ccc(F)cc1)C1CCCCC1)c1cccc([N+](=O)[O-])c1. The Morgan fingerprint density at radius 3 is 2.47 bits per heavy atom. The zero-order chi connectivity index (χ0) is 21.5. The fourth-order valence-corrected chi connectivity index (χ4v) is 3.64. The molecule has 0 unspecified atom stereocenters. The van der Waals surface area contributed by atoms with Crippen LogP contribution >= 0.6 is 0 Å². The molecule has 2 aromatic carbocycles. The lowest BCUT2D eigenvalue weighted by molar-refractivity contribution is -0.384. The number of carbonyl (C=O) groups is 2. The Labute approximate surface area is 173 Å². The van der Waals surface area contributed by atoms with Crippen molar-refractivity contribution in [3.8, 4) is 0 Å². The van der Waals surface area contributed by atoms with Gasteiger partial charge in [-0.25, -0.2) is 9.18 Å². The van der Waals surface area contributed by atoms with Crippen LogP contribution in [-0.2, 0) is 16.1 Å². The predicted octanol–water partition coefficient (Wildman–Crippen LogP) is 4.25. The molecule has 0 aliphatic heterocycles. The molecule has 1 saturated carbocycles. The molecule has 1 aliphatic carbocycles. The van der Waals surface area contributed by atoms with Crippen LogP contribution in [0.3, 0.4) is 0 Å². The van der Waals surface area contributed by atoms with E-state index in [1.807, 2.05) is 0 Å². The van der Waals surface area contributed by atoms with Gasteiger partial charge in [0.25, 0.3) is 11.6 Å². The minimum Gasteiger partial charge on any atom is -0.452 e. The number of halogens is 1. The summed E-state index contributed by atoms with van der Waals surface area (Å²) in [7, 11) is 0. The van der Waals surface area contributed by atoms with Gasteiger partial charge in [-0.2, -0.15) is 0 Å². The van der Waals surface area contributed by atoms with Gasteiger partial charge < -0.3 is 9.64 Å². The first-order chi connectivity index (χ1) is 14.4. The summed E-state index contributed by atoms with van der Waals surface area (Å²) in [5.74, 6) is -1.48. The summed E-state index contributed by atoms with van der Waals surface area (Å²) in [5, 5.41) is 10.9. The van der Waals surface area contributed by atoms with E-state index in [0.29, 0.717) is 6.54 Å². The summed E-state index contributed by atoms with van der Waals surface area (Å²) >= 11 is 0. The smallest absolute Gasteiger partial charge is 0.338 e. The number of nitro benzene ring substituents is 1. The highest BCUT2D eigenvalue weighted by Gasteiger charge is 2.26. The quantitative estimate of drug-likeness (QED) is 0.384. The largest absolute Gasteiger partial charge is 0.452 e. The van der Waals surface area contributed by atoms with Crippen molar-refractivity contribution in [2.45, 2.75) is 44.7 Å². The standard InChI is InChI=1S/C22H23FN2O5/c23-18-11-9-16(10-12-18)14-24(19-6-2-1-3-7-19)21(26)15-30-22(27)17-5-4-8-20(13-17)25(28)29/h4-5,8-13,19H,1-3,6-7,14-15H2. The molecule has 0 aromatic heterocycles. The van der Waals surface area contributed by atoms with Crippen LogP contribution in [0.1, 0.15) is 48.0 Å². The van der Waals surface area contributed by atoms with Crippen LogP contribution in [-0.4, -0.2) is 34.3 Å². The zero-order valence-electron chi connectivity index (χ0n) is 16.5. The highest BCUT2D eigenvalue weighted by Crippen LogP contribution is 2.24. The van der Waals surface area contributed by atoms with Crippen LogP contribution in [0.15, 0.2) is 48.5 Å². The average molecular weight is 414 g/mol. The molecule has 30 heavy (non-hydrogen) atoms. The lowest BCUT2D eigenvalue weighted by atomic mass is 9.93. The van der Waals surface area contributed by atoms with Crippen LogP contribution in [0.2, 0.25) is 0 Å². The molecule has 0 spiro atoms. The number of rotatable bonds is 7. The number of esters is 1. The van der Waals surface area contributed by atoms with Gasteiger partial charge in [-0.1, -0.05) is 37.5 Å². The van der Waals surface area contributed by atoms with E-state index in [0.717, 1.165) is 43.7 Å². The van der Waals surface area contributed by atoms with Crippen LogP contribution in [0.25, 0.3) is 0 Å². The van der Waals surface area contributed by atoms with Crippen molar-refractivity contribution < 1.29 is 23.6 Å². The second kappa shape index (κ2) is 9.96. The minimum absolute atomic E-state index is 0.0137. The summed E-state index contributed by atoms with van der Waals surface area (Å²) in [6.07, 6.45) is 4.89. The third-order valence-electron chi connectivity index (χ3n) is 5.22. The van der Waals surface area contributed by atoms with Crippen molar-refractivity contribution in [2.24, 2.45) is 0 Å². The highest BCUT2D eigenvalue weighted by atomic mass is 19.1. The fourth-order valence-electron chi connectivity index (χ4n) is 3.64. The number of nitrogens with zero attached hydrogens (tertiary/aromatic N) is 2. The summed E-state index contributed by atoms with van der Waals surface area (Å²) in [4.78, 5) is 37.1. The maximum atomic E-state index is 13.2. The molecule has 0 radical (unpaired) electrons. The Kier molecular flexibility index (Phi) is 7.11. The van der Waals surface area contributed by atoms with Crippen molar-refractivity contribution >= 4 is 17.6 Å². The summed E-state index contributed by atoms with van der Waals surface area (Å²) < 4.78 is 18.3. The first-order valence-electron chi connectivity index (χ1n) is 9.89. The van der Waals surface area contributed by atoms with Gasteiger partial charge in [0.1, 0.15) is 5.82 Å². The zero-order valence-corrected chi connectivity index (χ0v) is 16.5. The van der Waals surface area contributed by atoms with Gasteiger partial charge in [-0.05, 0) is 36.6 Å². The van der Waals surface area contributed by atoms with E-state index >= 15 is 0 Å². The monoisotopic (exact) mass is 414 g/mol. The van der Waals surface area contributed by atoms with E-state index in [-0.39, 0.29) is 29.0 Å². The molecule has 1 aliphatic rings. The highest BCUT2D eigenvalue weighted by molar-refractivity contribution is 5.92. The van der Waals surface area contributed by atoms with Gasteiger partial charge in [0.2, 0.25) is 0 Å². The molecule has 0 saturated heterocycles. The van der Waals surface area contributed by atoms with Crippen LogP contribution in [0, 0.1) is 15.9 Å². The first-order valence-corrected chi connectivity index (χ1v) is 9.89. The molecule has 158 valence electrons. The van der Waals surface area contributed by atoms with Gasteiger partial charge >= 0.3 is 5.97 Å². The Morgan fingerprint density at radius 2 is 1.80 bits per heavy atom. The van der Waals surface area contributed by atoms with Crippen molar-refractivity contribution in [3.05, 3.63) is 75.6 Å². The van der Waals surface area contributed by atoms with Crippen molar-refractivity contribution in [3.63, 3.8) is 0 Å². The second-order valence-corrected chi connectivity index (χ2v) is 7.32. The van der Waals surface area contributed by atoms with Crippen molar-refractivity contribution in [1.29, 1.82) is 0 Å². The molecule has 0 heterocycles. The normalized spacial score (nSPS) is 14.2. The van der Waals surface area contributed by atoms with Crippen LogP contribution in [0.5, 0.6) is 0 Å². The number of ether oxygens (including phenoxy) is 1. The molecule has 0 atom stereocenters. The molecule has 2 aromatic rings. The minimum atomic E-state index is -0.794. The summed E-state index contributed by atoms with van der Waals surface area (Å²) in [6, 6.07) is 11.2. The number of amides is 1. The molecule has 8 heteroatoms. The van der Waals surface area contributed by atoms with E-state index < -0.39 is 17.5 Å². The molecule has 0 N–H and O–H groups in total.